The average molecular weight is 478 g/mol. The first-order valence-corrected chi connectivity index (χ1v) is 12.0. The van der Waals surface area contributed by atoms with Crippen LogP contribution in [-0.2, 0) is 0 Å². The summed E-state index contributed by atoms with van der Waals surface area (Å²) < 4.78 is 0. The number of hydrazone groups is 1. The largest absolute Gasteiger partial charge is 0.321 e. The SMILES string of the molecule is O=C(Nc1ccccc1C(=O)NN=C1C2=NC3C=CC=CC3N=C2c2ccccc21)c1cccs1. The molecule has 2 N–H and O–H groups in total. The van der Waals surface area contributed by atoms with Gasteiger partial charge < -0.3 is 5.32 Å². The van der Waals surface area contributed by atoms with Crippen LogP contribution in [0.2, 0.25) is 0 Å². The zero-order valence-electron chi connectivity index (χ0n) is 18.4. The lowest BCUT2D eigenvalue weighted by molar-refractivity contribution is 0.0956. The number of allylic oxidation sites excluding steroid dienone is 2. The van der Waals surface area contributed by atoms with Gasteiger partial charge in [0.15, 0.2) is 0 Å². The molecule has 2 heterocycles. The van der Waals surface area contributed by atoms with Crippen molar-refractivity contribution < 1.29 is 9.59 Å². The van der Waals surface area contributed by atoms with E-state index in [4.69, 9.17) is 9.98 Å². The second-order valence-corrected chi connectivity index (χ2v) is 9.08. The van der Waals surface area contributed by atoms with Gasteiger partial charge in [0.25, 0.3) is 11.8 Å². The van der Waals surface area contributed by atoms with Crippen molar-refractivity contribution in [2.24, 2.45) is 15.1 Å². The van der Waals surface area contributed by atoms with Gasteiger partial charge in [0.05, 0.1) is 33.9 Å². The van der Waals surface area contributed by atoms with Gasteiger partial charge in [-0.15, -0.1) is 11.3 Å². The van der Waals surface area contributed by atoms with Crippen LogP contribution < -0.4 is 10.7 Å². The maximum Gasteiger partial charge on any atom is 0.273 e. The summed E-state index contributed by atoms with van der Waals surface area (Å²) in [5.41, 5.74) is 7.25. The molecule has 7 nitrogen and oxygen atoms in total. The van der Waals surface area contributed by atoms with Crippen LogP contribution in [0.15, 0.2) is 105 Å². The minimum Gasteiger partial charge on any atom is -0.321 e. The Kier molecular flexibility index (Phi) is 5.27. The number of carbonyl (C=O) groups is 2. The summed E-state index contributed by atoms with van der Waals surface area (Å²) >= 11 is 1.34. The molecule has 3 aromatic rings. The summed E-state index contributed by atoms with van der Waals surface area (Å²) in [5.74, 6) is -0.699. The fourth-order valence-electron chi connectivity index (χ4n) is 4.30. The zero-order chi connectivity index (χ0) is 23.8. The van der Waals surface area contributed by atoms with E-state index in [2.05, 4.69) is 15.8 Å². The number of para-hydroxylation sites is 1. The number of rotatable bonds is 4. The normalized spacial score (nSPS) is 20.4. The van der Waals surface area contributed by atoms with E-state index in [1.54, 1.807) is 36.4 Å². The van der Waals surface area contributed by atoms with E-state index in [9.17, 15) is 9.59 Å². The van der Waals surface area contributed by atoms with Gasteiger partial charge in [-0.05, 0) is 23.6 Å². The highest BCUT2D eigenvalue weighted by molar-refractivity contribution is 7.12. The van der Waals surface area contributed by atoms with Crippen LogP contribution in [0, 0.1) is 0 Å². The number of anilines is 1. The lowest BCUT2D eigenvalue weighted by atomic mass is 10.0. The second kappa shape index (κ2) is 8.73. The molecular weight excluding hydrogens is 458 g/mol. The van der Waals surface area contributed by atoms with Crippen LogP contribution in [0.1, 0.15) is 31.2 Å². The Morgan fingerprint density at radius 3 is 2.29 bits per heavy atom. The number of fused-ring (bicyclic) bond motifs is 4. The van der Waals surface area contributed by atoms with Gasteiger partial charge in [0.2, 0.25) is 0 Å². The molecule has 2 amide bonds. The number of carbonyl (C=O) groups excluding carboxylic acids is 2. The zero-order valence-corrected chi connectivity index (χ0v) is 19.2. The first-order valence-electron chi connectivity index (χ1n) is 11.1. The topological polar surface area (TPSA) is 95.3 Å². The number of hydrogen-bond acceptors (Lipinski definition) is 6. The summed E-state index contributed by atoms with van der Waals surface area (Å²) in [6.45, 7) is 0. The van der Waals surface area contributed by atoms with Crippen LogP contribution in [-0.4, -0.2) is 41.0 Å². The number of hydrogen-bond donors (Lipinski definition) is 2. The highest BCUT2D eigenvalue weighted by atomic mass is 32.1. The van der Waals surface area contributed by atoms with Gasteiger partial charge >= 0.3 is 0 Å². The summed E-state index contributed by atoms with van der Waals surface area (Å²) in [4.78, 5) is 36.1. The Balaban J connectivity index is 1.30. The van der Waals surface area contributed by atoms with Gasteiger partial charge in [-0.2, -0.15) is 5.10 Å². The van der Waals surface area contributed by atoms with E-state index >= 15 is 0 Å². The molecule has 0 spiro atoms. The van der Waals surface area contributed by atoms with Crippen molar-refractivity contribution >= 4 is 46.0 Å². The summed E-state index contributed by atoms with van der Waals surface area (Å²) in [7, 11) is 0. The number of nitrogens with zero attached hydrogens (tertiary/aromatic N) is 3. The molecule has 0 bridgehead atoms. The number of benzene rings is 2. The molecule has 3 aliphatic rings. The van der Waals surface area contributed by atoms with E-state index in [-0.39, 0.29) is 18.0 Å². The smallest absolute Gasteiger partial charge is 0.273 e. The molecule has 2 atom stereocenters. The van der Waals surface area contributed by atoms with E-state index in [0.29, 0.717) is 27.6 Å². The monoisotopic (exact) mass is 477 g/mol. The van der Waals surface area contributed by atoms with Crippen molar-refractivity contribution in [3.8, 4) is 0 Å². The van der Waals surface area contributed by atoms with Crippen LogP contribution >= 0.6 is 11.3 Å². The maximum atomic E-state index is 13.1. The first kappa shape index (κ1) is 21.1. The van der Waals surface area contributed by atoms with Crippen molar-refractivity contribution in [2.75, 3.05) is 5.32 Å². The molecule has 1 aromatic heterocycles. The number of aliphatic imine (C=N–C) groups is 2. The highest BCUT2D eigenvalue weighted by Crippen LogP contribution is 2.28. The molecule has 35 heavy (non-hydrogen) atoms. The molecule has 0 fully saturated rings. The van der Waals surface area contributed by atoms with E-state index in [1.165, 1.54) is 11.3 Å². The molecule has 1 aliphatic heterocycles. The molecule has 8 heteroatoms. The van der Waals surface area contributed by atoms with Crippen molar-refractivity contribution in [2.45, 2.75) is 12.1 Å². The third-order valence-corrected chi connectivity index (χ3v) is 6.82. The Hall–Kier alpha value is -4.43. The predicted octanol–water partition coefficient (Wildman–Crippen LogP) is 4.26. The van der Waals surface area contributed by atoms with Gasteiger partial charge in [0, 0.05) is 11.1 Å². The van der Waals surface area contributed by atoms with E-state index in [1.807, 2.05) is 53.9 Å². The fraction of sp³-hybridized carbons (Fsp3) is 0.0741. The van der Waals surface area contributed by atoms with Gasteiger partial charge in [0.1, 0.15) is 11.4 Å². The fourth-order valence-corrected chi connectivity index (χ4v) is 4.92. The van der Waals surface area contributed by atoms with Crippen molar-refractivity contribution in [1.29, 1.82) is 0 Å². The van der Waals surface area contributed by atoms with Crippen LogP contribution in [0.4, 0.5) is 5.69 Å². The molecule has 2 aliphatic carbocycles. The van der Waals surface area contributed by atoms with Crippen molar-refractivity contribution in [3.63, 3.8) is 0 Å². The molecule has 2 unspecified atom stereocenters. The molecular formula is C27H19N5O2S. The Morgan fingerprint density at radius 2 is 1.51 bits per heavy atom. The lowest BCUT2D eigenvalue weighted by Gasteiger charge is -2.23. The first-order chi connectivity index (χ1) is 17.2. The minimum absolute atomic E-state index is 0.0421. The summed E-state index contributed by atoms with van der Waals surface area (Å²) in [6, 6.07) is 18.1. The predicted molar refractivity (Wildman–Crippen MR) is 139 cm³/mol. The van der Waals surface area contributed by atoms with Gasteiger partial charge in [-0.1, -0.05) is 66.8 Å². The maximum absolute atomic E-state index is 13.1. The third-order valence-electron chi connectivity index (χ3n) is 5.95. The van der Waals surface area contributed by atoms with Crippen LogP contribution in [0.3, 0.4) is 0 Å². The second-order valence-electron chi connectivity index (χ2n) is 8.13. The van der Waals surface area contributed by atoms with Gasteiger partial charge in [-0.25, -0.2) is 5.43 Å². The molecule has 0 saturated carbocycles. The Bertz CT molecular complexity index is 1500. The van der Waals surface area contributed by atoms with E-state index in [0.717, 1.165) is 16.8 Å². The number of nitrogens with one attached hydrogen (secondary N) is 2. The molecule has 0 saturated heterocycles. The molecule has 2 aromatic carbocycles. The van der Waals surface area contributed by atoms with Gasteiger partial charge in [-0.3, -0.25) is 19.6 Å². The quantitative estimate of drug-likeness (QED) is 0.550. The Morgan fingerprint density at radius 1 is 0.800 bits per heavy atom. The molecule has 6 rings (SSSR count). The molecule has 170 valence electrons. The van der Waals surface area contributed by atoms with Crippen molar-refractivity contribution in [3.05, 3.63) is 112 Å². The van der Waals surface area contributed by atoms with Crippen LogP contribution in [0.5, 0.6) is 0 Å². The number of amides is 2. The lowest BCUT2D eigenvalue weighted by Crippen LogP contribution is -2.33. The summed E-state index contributed by atoms with van der Waals surface area (Å²) in [6.07, 6.45) is 8.01. The standard InChI is InChI=1S/C27H19N5O2S/c33-26(18-10-3-4-11-19(18)30-27(34)22-14-7-15-35-22)32-31-24-17-9-2-1-8-16(17)23-25(24)29-21-13-6-5-12-20(21)28-23/h1-15,20-21H,(H,30,34)(H,32,33). The molecule has 0 radical (unpaired) electrons. The minimum atomic E-state index is -0.433. The Labute approximate surface area is 205 Å². The third kappa shape index (κ3) is 3.83. The van der Waals surface area contributed by atoms with Crippen molar-refractivity contribution in [1.82, 2.24) is 5.43 Å². The highest BCUT2D eigenvalue weighted by Gasteiger charge is 2.36. The van der Waals surface area contributed by atoms with E-state index < -0.39 is 5.91 Å². The average Bonchev–Trinajstić information content (AvgIpc) is 3.53. The number of thiophene rings is 1. The summed E-state index contributed by atoms with van der Waals surface area (Å²) in [5, 5.41) is 9.13. The van der Waals surface area contributed by atoms with Crippen LogP contribution in [0.25, 0.3) is 0 Å².